The summed E-state index contributed by atoms with van der Waals surface area (Å²) >= 11 is 2.29. The van der Waals surface area contributed by atoms with Gasteiger partial charge in [-0.3, -0.25) is 0 Å². The van der Waals surface area contributed by atoms with Crippen LogP contribution in [0.5, 0.6) is 0 Å². The Balaban J connectivity index is 1.68. The number of carbonyl (C=O) groups is 1. The summed E-state index contributed by atoms with van der Waals surface area (Å²) in [4.78, 5) is 12.1. The minimum Gasteiger partial charge on any atom is -0.457 e. The third-order valence-electron chi connectivity index (χ3n) is 3.49. The number of hydrogen-bond donors (Lipinski definition) is 0. The van der Waals surface area contributed by atoms with Gasteiger partial charge in [0.05, 0.1) is 5.56 Å². The van der Waals surface area contributed by atoms with Crippen molar-refractivity contribution in [1.82, 2.24) is 0 Å². The van der Waals surface area contributed by atoms with Gasteiger partial charge in [0.25, 0.3) is 0 Å². The maximum atomic E-state index is 12.1. The van der Waals surface area contributed by atoms with Gasteiger partial charge in [0, 0.05) is 3.57 Å². The van der Waals surface area contributed by atoms with Crippen LogP contribution < -0.4 is 0 Å². The molecule has 3 rings (SSSR count). The van der Waals surface area contributed by atoms with E-state index in [0.29, 0.717) is 5.56 Å². The lowest BCUT2D eigenvalue weighted by molar-refractivity contribution is 0.0473. The van der Waals surface area contributed by atoms with Crippen LogP contribution in [0.15, 0.2) is 78.9 Å². The fourth-order valence-electron chi connectivity index (χ4n) is 2.27. The Morgan fingerprint density at radius 1 is 0.826 bits per heavy atom. The number of esters is 1. The SMILES string of the molecule is O=C(OCc1ccccc1)c1ccc(-c2cccc(I)c2)cc1. The molecule has 3 aromatic carbocycles. The Morgan fingerprint density at radius 3 is 2.26 bits per heavy atom. The molecule has 0 aliphatic rings. The van der Waals surface area contributed by atoms with Gasteiger partial charge in [-0.1, -0.05) is 54.6 Å². The third kappa shape index (κ3) is 4.20. The molecular weight excluding hydrogens is 399 g/mol. The van der Waals surface area contributed by atoms with Crippen LogP contribution in [0.2, 0.25) is 0 Å². The van der Waals surface area contributed by atoms with E-state index in [9.17, 15) is 4.79 Å². The molecule has 0 aliphatic carbocycles. The van der Waals surface area contributed by atoms with Crippen molar-refractivity contribution in [2.75, 3.05) is 0 Å². The molecule has 0 saturated carbocycles. The van der Waals surface area contributed by atoms with E-state index in [1.54, 1.807) is 0 Å². The molecule has 23 heavy (non-hydrogen) atoms. The van der Waals surface area contributed by atoms with Crippen molar-refractivity contribution >= 4 is 28.6 Å². The Labute approximate surface area is 149 Å². The first-order valence-corrected chi connectivity index (χ1v) is 8.37. The summed E-state index contributed by atoms with van der Waals surface area (Å²) in [6.07, 6.45) is 0. The molecule has 0 amide bonds. The van der Waals surface area contributed by atoms with E-state index >= 15 is 0 Å². The van der Waals surface area contributed by atoms with Gasteiger partial charge >= 0.3 is 5.97 Å². The Bertz CT molecular complexity index is 795. The molecule has 0 saturated heterocycles. The summed E-state index contributed by atoms with van der Waals surface area (Å²) in [6, 6.07) is 25.4. The second-order valence-corrected chi connectivity index (χ2v) is 6.40. The first-order valence-electron chi connectivity index (χ1n) is 7.29. The van der Waals surface area contributed by atoms with Crippen molar-refractivity contribution in [2.45, 2.75) is 6.61 Å². The first-order chi connectivity index (χ1) is 11.2. The average molecular weight is 414 g/mol. The van der Waals surface area contributed by atoms with E-state index < -0.39 is 0 Å². The molecule has 0 unspecified atom stereocenters. The summed E-state index contributed by atoms with van der Waals surface area (Å²) < 4.78 is 6.53. The number of benzene rings is 3. The van der Waals surface area contributed by atoms with E-state index in [1.165, 1.54) is 3.57 Å². The third-order valence-corrected chi connectivity index (χ3v) is 4.16. The smallest absolute Gasteiger partial charge is 0.338 e. The van der Waals surface area contributed by atoms with Gasteiger partial charge in [-0.25, -0.2) is 4.79 Å². The fraction of sp³-hybridized carbons (Fsp3) is 0.0500. The molecule has 0 radical (unpaired) electrons. The van der Waals surface area contributed by atoms with Gasteiger partial charge in [0.1, 0.15) is 6.61 Å². The van der Waals surface area contributed by atoms with E-state index in [4.69, 9.17) is 4.74 Å². The monoisotopic (exact) mass is 414 g/mol. The lowest BCUT2D eigenvalue weighted by Crippen LogP contribution is -2.05. The maximum absolute atomic E-state index is 12.1. The van der Waals surface area contributed by atoms with E-state index in [2.05, 4.69) is 40.8 Å². The minimum atomic E-state index is -0.303. The highest BCUT2D eigenvalue weighted by molar-refractivity contribution is 14.1. The lowest BCUT2D eigenvalue weighted by atomic mass is 10.0. The molecule has 0 fully saturated rings. The molecule has 3 heteroatoms. The quantitative estimate of drug-likeness (QED) is 0.427. The molecule has 0 aliphatic heterocycles. The molecule has 2 nitrogen and oxygen atoms in total. The Morgan fingerprint density at radius 2 is 1.57 bits per heavy atom. The van der Waals surface area contributed by atoms with Gasteiger partial charge in [-0.2, -0.15) is 0 Å². The van der Waals surface area contributed by atoms with Crippen molar-refractivity contribution in [3.63, 3.8) is 0 Å². The molecule has 0 aromatic heterocycles. The van der Waals surface area contributed by atoms with Crippen LogP contribution in [0.3, 0.4) is 0 Å². The zero-order valence-corrected chi connectivity index (χ0v) is 14.6. The van der Waals surface area contributed by atoms with Crippen LogP contribution in [0, 0.1) is 3.57 Å². The van der Waals surface area contributed by atoms with Crippen molar-refractivity contribution in [3.05, 3.63) is 93.6 Å². The summed E-state index contributed by atoms with van der Waals surface area (Å²) in [5.41, 5.74) is 3.77. The van der Waals surface area contributed by atoms with Gasteiger partial charge in [0.15, 0.2) is 0 Å². The number of hydrogen-bond acceptors (Lipinski definition) is 2. The zero-order valence-electron chi connectivity index (χ0n) is 12.4. The van der Waals surface area contributed by atoms with E-state index in [0.717, 1.165) is 16.7 Å². The van der Waals surface area contributed by atoms with E-state index in [1.807, 2.05) is 60.7 Å². The number of rotatable bonds is 4. The van der Waals surface area contributed by atoms with E-state index in [-0.39, 0.29) is 12.6 Å². The highest BCUT2D eigenvalue weighted by Gasteiger charge is 2.08. The molecule has 3 aromatic rings. The summed E-state index contributed by atoms with van der Waals surface area (Å²) in [6.45, 7) is 0.290. The zero-order chi connectivity index (χ0) is 16.1. The summed E-state index contributed by atoms with van der Waals surface area (Å²) in [5.74, 6) is -0.303. The van der Waals surface area contributed by atoms with Gasteiger partial charge in [0.2, 0.25) is 0 Å². The second-order valence-electron chi connectivity index (χ2n) is 5.15. The maximum Gasteiger partial charge on any atom is 0.338 e. The number of halogens is 1. The van der Waals surface area contributed by atoms with Crippen LogP contribution in [-0.2, 0) is 11.3 Å². The predicted octanol–water partition coefficient (Wildman–Crippen LogP) is 5.32. The molecule has 0 spiro atoms. The molecular formula is C20H15IO2. The molecule has 0 N–H and O–H groups in total. The van der Waals surface area contributed by atoms with Gasteiger partial charge in [-0.15, -0.1) is 0 Å². The van der Waals surface area contributed by atoms with Crippen LogP contribution in [0.25, 0.3) is 11.1 Å². The standard InChI is InChI=1S/C20H15IO2/c21-19-8-4-7-18(13-19)16-9-11-17(12-10-16)20(22)23-14-15-5-2-1-3-6-15/h1-13H,14H2. The lowest BCUT2D eigenvalue weighted by Gasteiger charge is -2.06. The highest BCUT2D eigenvalue weighted by atomic mass is 127. The summed E-state index contributed by atoms with van der Waals surface area (Å²) in [5, 5.41) is 0. The average Bonchev–Trinajstić information content (AvgIpc) is 2.61. The molecule has 114 valence electrons. The minimum absolute atomic E-state index is 0.290. The van der Waals surface area contributed by atoms with Crippen LogP contribution >= 0.6 is 22.6 Å². The second kappa shape index (κ2) is 7.42. The topological polar surface area (TPSA) is 26.3 Å². The van der Waals surface area contributed by atoms with Crippen molar-refractivity contribution in [2.24, 2.45) is 0 Å². The van der Waals surface area contributed by atoms with Crippen molar-refractivity contribution in [1.29, 1.82) is 0 Å². The van der Waals surface area contributed by atoms with Gasteiger partial charge < -0.3 is 4.74 Å². The highest BCUT2D eigenvalue weighted by Crippen LogP contribution is 2.22. The molecule has 0 atom stereocenters. The number of carbonyl (C=O) groups excluding carboxylic acids is 1. The Hall–Kier alpha value is -2.14. The Kier molecular flexibility index (Phi) is 5.08. The largest absolute Gasteiger partial charge is 0.457 e. The summed E-state index contributed by atoms with van der Waals surface area (Å²) in [7, 11) is 0. The number of ether oxygens (including phenoxy) is 1. The van der Waals surface area contributed by atoms with Gasteiger partial charge in [-0.05, 0) is 63.5 Å². The fourth-order valence-corrected chi connectivity index (χ4v) is 2.82. The molecule has 0 bridgehead atoms. The first kappa shape index (κ1) is 15.7. The van der Waals surface area contributed by atoms with Crippen LogP contribution in [0.1, 0.15) is 15.9 Å². The van der Waals surface area contributed by atoms with Crippen molar-refractivity contribution < 1.29 is 9.53 Å². The van der Waals surface area contributed by atoms with Crippen LogP contribution in [-0.4, -0.2) is 5.97 Å². The normalized spacial score (nSPS) is 10.3. The van der Waals surface area contributed by atoms with Crippen LogP contribution in [0.4, 0.5) is 0 Å². The molecule has 0 heterocycles. The van der Waals surface area contributed by atoms with Crippen molar-refractivity contribution in [3.8, 4) is 11.1 Å². The predicted molar refractivity (Wildman–Crippen MR) is 100 cm³/mol.